The van der Waals surface area contributed by atoms with Crippen molar-refractivity contribution in [3.8, 4) is 0 Å². The highest BCUT2D eigenvalue weighted by atomic mass is 31.1. The summed E-state index contributed by atoms with van der Waals surface area (Å²) in [6, 6.07) is 0. The Kier molecular flexibility index (Phi) is 4.06. The summed E-state index contributed by atoms with van der Waals surface area (Å²) in [5, 5.41) is 0.403. The maximum atomic E-state index is 2.46. The molecule has 0 radical (unpaired) electrons. The minimum absolute atomic E-state index is 0.0257. The molecule has 92 valence electrons. The van der Waals surface area contributed by atoms with Gasteiger partial charge in [0.25, 0.3) is 0 Å². The molecule has 0 saturated heterocycles. The molecular weight excluding hydrogens is 211 g/mol. The van der Waals surface area contributed by atoms with Gasteiger partial charge in [0.05, 0.1) is 0 Å². The van der Waals surface area contributed by atoms with Gasteiger partial charge in [0.1, 0.15) is 0 Å². The van der Waals surface area contributed by atoms with Crippen LogP contribution in [0.3, 0.4) is 0 Å². The fourth-order valence-corrected chi connectivity index (χ4v) is 6.42. The van der Waals surface area contributed by atoms with Crippen molar-refractivity contribution in [2.75, 3.05) is 0 Å². The monoisotopic (exact) mass is 238 g/mol. The Bertz CT molecular complexity index is 277. The second-order valence-corrected chi connectivity index (χ2v) is 10.1. The lowest BCUT2D eigenvalue weighted by Gasteiger charge is -2.49. The topological polar surface area (TPSA) is 0 Å². The molecule has 0 saturated carbocycles. The van der Waals surface area contributed by atoms with Gasteiger partial charge in [-0.3, -0.25) is 0 Å². The van der Waals surface area contributed by atoms with Crippen LogP contribution in [-0.2, 0) is 0 Å². The Morgan fingerprint density at radius 2 is 1.38 bits per heavy atom. The van der Waals surface area contributed by atoms with Crippen molar-refractivity contribution in [3.63, 3.8) is 0 Å². The second kappa shape index (κ2) is 4.65. The van der Waals surface area contributed by atoms with Crippen molar-refractivity contribution in [3.05, 3.63) is 24.3 Å². The van der Waals surface area contributed by atoms with Crippen LogP contribution in [0.1, 0.15) is 48.5 Å². The molecule has 0 bridgehead atoms. The third kappa shape index (κ3) is 2.59. The van der Waals surface area contributed by atoms with E-state index in [0.29, 0.717) is 16.2 Å². The lowest BCUT2D eigenvalue weighted by atomic mass is 9.82. The van der Waals surface area contributed by atoms with Crippen LogP contribution in [0, 0.1) is 5.41 Å². The molecule has 16 heavy (non-hydrogen) atoms. The molecule has 1 heteroatoms. The van der Waals surface area contributed by atoms with E-state index in [1.807, 2.05) is 0 Å². The maximum Gasteiger partial charge on any atom is 0.0163 e. The molecule has 1 aliphatic carbocycles. The van der Waals surface area contributed by atoms with E-state index in [1.165, 1.54) is 0 Å². The molecule has 1 unspecified atom stereocenters. The Labute approximate surface area is 103 Å². The van der Waals surface area contributed by atoms with Crippen molar-refractivity contribution in [1.82, 2.24) is 0 Å². The van der Waals surface area contributed by atoms with E-state index in [0.717, 1.165) is 5.66 Å². The first-order valence-electron chi connectivity index (χ1n) is 6.31. The summed E-state index contributed by atoms with van der Waals surface area (Å²) in [6.45, 7) is 16.8. The normalized spacial score (nSPS) is 19.8. The summed E-state index contributed by atoms with van der Waals surface area (Å²) >= 11 is 0. The van der Waals surface area contributed by atoms with Crippen LogP contribution in [0.5, 0.6) is 0 Å². The molecule has 0 aromatic rings. The number of allylic oxidation sites excluding steroid dienone is 4. The van der Waals surface area contributed by atoms with Crippen molar-refractivity contribution in [2.45, 2.75) is 64.9 Å². The molecule has 0 aromatic carbocycles. The van der Waals surface area contributed by atoms with Crippen molar-refractivity contribution >= 4 is 7.92 Å². The van der Waals surface area contributed by atoms with E-state index in [2.05, 4.69) is 72.8 Å². The van der Waals surface area contributed by atoms with E-state index >= 15 is 0 Å². The van der Waals surface area contributed by atoms with Gasteiger partial charge in [0, 0.05) is 5.66 Å². The van der Waals surface area contributed by atoms with Crippen LogP contribution in [0.4, 0.5) is 0 Å². The zero-order valence-electron chi connectivity index (χ0n) is 11.9. The van der Waals surface area contributed by atoms with E-state index in [-0.39, 0.29) is 7.92 Å². The first kappa shape index (κ1) is 14.0. The fraction of sp³-hybridized carbons (Fsp3) is 0.733. The summed E-state index contributed by atoms with van der Waals surface area (Å²) in [4.78, 5) is 0. The predicted molar refractivity (Wildman–Crippen MR) is 77.7 cm³/mol. The second-order valence-electron chi connectivity index (χ2n) is 6.57. The van der Waals surface area contributed by atoms with Gasteiger partial charge in [-0.2, -0.15) is 0 Å². The Hall–Kier alpha value is -0.0900. The molecule has 1 atom stereocenters. The van der Waals surface area contributed by atoms with Gasteiger partial charge in [-0.15, -0.1) is 0 Å². The predicted octanol–water partition coefficient (Wildman–Crippen LogP) is 5.20. The molecule has 1 aliphatic rings. The zero-order valence-corrected chi connectivity index (χ0v) is 12.8. The highest BCUT2D eigenvalue weighted by Gasteiger charge is 2.43. The minimum atomic E-state index is -0.0257. The average molecular weight is 238 g/mol. The van der Waals surface area contributed by atoms with Gasteiger partial charge in [-0.1, -0.05) is 80.7 Å². The van der Waals surface area contributed by atoms with Gasteiger partial charge >= 0.3 is 0 Å². The fourth-order valence-electron chi connectivity index (χ4n) is 2.36. The molecule has 0 aromatic heterocycles. The molecule has 0 N–H and O–H groups in total. The van der Waals surface area contributed by atoms with E-state index < -0.39 is 0 Å². The van der Waals surface area contributed by atoms with Gasteiger partial charge in [-0.25, -0.2) is 0 Å². The Morgan fingerprint density at radius 1 is 0.938 bits per heavy atom. The molecule has 1 rings (SSSR count). The third-order valence-corrected chi connectivity index (χ3v) is 8.15. The minimum Gasteiger partial charge on any atom is -0.0867 e. The molecule has 0 aliphatic heterocycles. The molecule has 0 heterocycles. The van der Waals surface area contributed by atoms with Crippen molar-refractivity contribution < 1.29 is 0 Å². The summed E-state index contributed by atoms with van der Waals surface area (Å²) in [5.41, 5.74) is 1.83. The summed E-state index contributed by atoms with van der Waals surface area (Å²) in [7, 11) is -0.0257. The molecule has 0 amide bonds. The largest absolute Gasteiger partial charge is 0.0867 e. The van der Waals surface area contributed by atoms with Gasteiger partial charge in [-0.05, 0) is 16.2 Å². The van der Waals surface area contributed by atoms with Gasteiger partial charge in [0.2, 0.25) is 0 Å². The highest BCUT2D eigenvalue weighted by Crippen LogP contribution is 2.64. The van der Waals surface area contributed by atoms with Crippen LogP contribution in [0.15, 0.2) is 24.3 Å². The van der Waals surface area contributed by atoms with Crippen molar-refractivity contribution in [1.29, 1.82) is 0 Å². The van der Waals surface area contributed by atoms with E-state index in [9.17, 15) is 0 Å². The lowest BCUT2D eigenvalue weighted by molar-refractivity contribution is 0.311. The van der Waals surface area contributed by atoms with E-state index in [4.69, 9.17) is 0 Å². The maximum absolute atomic E-state index is 2.46. The van der Waals surface area contributed by atoms with Crippen LogP contribution >= 0.6 is 7.92 Å². The summed E-state index contributed by atoms with van der Waals surface area (Å²) in [5.74, 6) is 0. The molecule has 0 spiro atoms. The number of hydrogen-bond donors (Lipinski definition) is 0. The molecule has 0 nitrogen and oxygen atoms in total. The third-order valence-electron chi connectivity index (χ3n) is 4.09. The number of hydrogen-bond acceptors (Lipinski definition) is 0. The summed E-state index contributed by atoms with van der Waals surface area (Å²) < 4.78 is 0. The van der Waals surface area contributed by atoms with E-state index in [1.54, 1.807) is 0 Å². The lowest BCUT2D eigenvalue weighted by Crippen LogP contribution is -2.39. The molecule has 0 fully saturated rings. The Balaban J connectivity index is 3.02. The first-order chi connectivity index (χ1) is 7.18. The number of rotatable bonds is 3. The van der Waals surface area contributed by atoms with Crippen molar-refractivity contribution in [2.24, 2.45) is 5.41 Å². The standard InChI is InChI=1S/C15H27P/c1-12(2)16(13-10-8-9-11-13)15(6,7)14(3,4)5/h8-13H,1-7H3. The quantitative estimate of drug-likeness (QED) is 0.593. The van der Waals surface area contributed by atoms with Gasteiger partial charge < -0.3 is 0 Å². The highest BCUT2D eigenvalue weighted by molar-refractivity contribution is 7.61. The smallest absolute Gasteiger partial charge is 0.0163 e. The summed E-state index contributed by atoms with van der Waals surface area (Å²) in [6.07, 6.45) is 9.20. The molecular formula is C15H27P. The van der Waals surface area contributed by atoms with Crippen LogP contribution in [-0.4, -0.2) is 16.5 Å². The van der Waals surface area contributed by atoms with Crippen LogP contribution < -0.4 is 0 Å². The SMILES string of the molecule is CC(C)P(C1C=CC=C1)C(C)(C)C(C)(C)C. The van der Waals surface area contributed by atoms with Crippen LogP contribution in [0.25, 0.3) is 0 Å². The first-order valence-corrected chi connectivity index (χ1v) is 7.79. The van der Waals surface area contributed by atoms with Crippen LogP contribution in [0.2, 0.25) is 0 Å². The zero-order chi connectivity index (χ0) is 12.6. The average Bonchev–Trinajstić information content (AvgIpc) is 2.53. The van der Waals surface area contributed by atoms with Gasteiger partial charge in [0.15, 0.2) is 0 Å². The Morgan fingerprint density at radius 3 is 1.69 bits per heavy atom.